The minimum Gasteiger partial charge on any atom is -0.431 e. The van der Waals surface area contributed by atoms with Crippen molar-refractivity contribution in [1.82, 2.24) is 9.78 Å². The van der Waals surface area contributed by atoms with Crippen molar-refractivity contribution in [2.24, 2.45) is 0 Å². The minimum atomic E-state index is -3.19. The number of nitrogens with zero attached hydrogens (tertiary/aromatic N) is 3. The summed E-state index contributed by atoms with van der Waals surface area (Å²) < 4.78 is 37.2. The van der Waals surface area contributed by atoms with E-state index in [2.05, 4.69) is 26.1 Å². The first-order chi connectivity index (χ1) is 18.8. The molecule has 0 saturated heterocycles. The van der Waals surface area contributed by atoms with Crippen LogP contribution in [0.15, 0.2) is 47.4 Å². The lowest BCUT2D eigenvalue weighted by Crippen LogP contribution is -2.25. The number of non-ortho nitro benzene ring substituents is 1. The van der Waals surface area contributed by atoms with E-state index in [-0.39, 0.29) is 34.8 Å². The van der Waals surface area contributed by atoms with Crippen LogP contribution in [0.1, 0.15) is 62.8 Å². The lowest BCUT2D eigenvalue weighted by molar-refractivity contribution is -0.384. The van der Waals surface area contributed by atoms with Crippen molar-refractivity contribution in [3.8, 4) is 5.75 Å². The van der Waals surface area contributed by atoms with E-state index >= 15 is 0 Å². The molecular weight excluding hydrogens is 536 g/mol. The fraction of sp³-hybridized carbons (Fsp3) is 0.429. The van der Waals surface area contributed by atoms with Crippen LogP contribution in [0.2, 0.25) is 0 Å². The highest BCUT2D eigenvalue weighted by molar-refractivity contribution is 7.91. The van der Waals surface area contributed by atoms with E-state index in [0.717, 1.165) is 34.7 Å². The normalized spacial score (nSPS) is 19.7. The van der Waals surface area contributed by atoms with Crippen molar-refractivity contribution in [3.05, 3.63) is 69.4 Å². The second-order valence-electron chi connectivity index (χ2n) is 11.3. The molecule has 1 saturated carbocycles. The molecule has 2 unspecified atom stereocenters. The number of carbonyl (C=O) groups is 1. The van der Waals surface area contributed by atoms with Gasteiger partial charge in [0, 0.05) is 29.3 Å². The summed E-state index contributed by atoms with van der Waals surface area (Å²) in [5.74, 6) is 1.22. The summed E-state index contributed by atoms with van der Waals surface area (Å²) in [6, 6.07) is 10.6. The van der Waals surface area contributed by atoms with Gasteiger partial charge in [0.15, 0.2) is 9.84 Å². The van der Waals surface area contributed by atoms with Gasteiger partial charge in [0.05, 0.1) is 26.8 Å². The van der Waals surface area contributed by atoms with Gasteiger partial charge in [0.1, 0.15) is 17.7 Å². The zero-order chi connectivity index (χ0) is 28.8. The Labute approximate surface area is 232 Å². The topological polar surface area (TPSA) is 143 Å². The number of anilines is 2. The van der Waals surface area contributed by atoms with E-state index < -0.39 is 20.9 Å². The van der Waals surface area contributed by atoms with E-state index in [0.29, 0.717) is 24.2 Å². The molecule has 212 valence electrons. The van der Waals surface area contributed by atoms with Crippen LogP contribution in [0.5, 0.6) is 5.75 Å². The van der Waals surface area contributed by atoms with Gasteiger partial charge in [-0.1, -0.05) is 0 Å². The Morgan fingerprint density at radius 3 is 2.55 bits per heavy atom. The number of hydrogen-bond acceptors (Lipinski definition) is 9. The Morgan fingerprint density at radius 2 is 1.88 bits per heavy atom. The number of nitro groups is 1. The van der Waals surface area contributed by atoms with Crippen molar-refractivity contribution >= 4 is 33.2 Å². The van der Waals surface area contributed by atoms with Gasteiger partial charge in [-0.05, 0) is 89.3 Å². The highest BCUT2D eigenvalue weighted by Crippen LogP contribution is 2.41. The quantitative estimate of drug-likeness (QED) is 0.169. The lowest BCUT2D eigenvalue weighted by Gasteiger charge is -2.23. The molecule has 3 aromatic rings. The Bertz CT molecular complexity index is 1570. The van der Waals surface area contributed by atoms with Crippen molar-refractivity contribution < 1.29 is 27.6 Å². The molecule has 5 rings (SSSR count). The molecule has 1 fully saturated rings. The first-order valence-electron chi connectivity index (χ1n) is 13.2. The van der Waals surface area contributed by atoms with Crippen LogP contribution in [0, 0.1) is 17.0 Å². The molecule has 0 spiro atoms. The molecule has 2 aromatic carbocycles. The summed E-state index contributed by atoms with van der Waals surface area (Å²) in [6.07, 6.45) is 1.35. The summed E-state index contributed by atoms with van der Waals surface area (Å²) in [7, 11) is -3.19. The SMILES string of the molecule is Cc1c(C2CCC(OC(=O)Oc3ccc([N+](=O)[O-])cc3)C2)nn(C(C)(C)C)c1Nc1ccc2c(c1)CCS2(=O)=O. The summed E-state index contributed by atoms with van der Waals surface area (Å²) in [5, 5.41) is 19.3. The van der Waals surface area contributed by atoms with Gasteiger partial charge in [-0.3, -0.25) is 10.1 Å². The number of fused-ring (bicyclic) bond motifs is 1. The molecule has 2 atom stereocenters. The fourth-order valence-electron chi connectivity index (χ4n) is 5.37. The smallest absolute Gasteiger partial charge is 0.431 e. The second kappa shape index (κ2) is 10.2. The first kappa shape index (κ1) is 27.6. The predicted octanol–water partition coefficient (Wildman–Crippen LogP) is 5.78. The molecular formula is C28H32N4O7S. The van der Waals surface area contributed by atoms with E-state index in [1.165, 1.54) is 24.3 Å². The molecule has 2 aliphatic rings. The number of benzene rings is 2. The standard InChI is InChI=1S/C28H32N4O7S/c1-17-25(19-5-9-23(16-19)39-27(33)38-22-10-7-21(8-11-22)32(34)35)30-31(28(2,3)4)26(17)29-20-6-12-24-18(15-20)13-14-40(24,36)37/h6-8,10-12,15,19,23,29H,5,9,13-14,16H2,1-4H3. The van der Waals surface area contributed by atoms with Crippen LogP contribution in [-0.4, -0.2) is 41.1 Å². The third kappa shape index (κ3) is 5.53. The zero-order valence-electron chi connectivity index (χ0n) is 22.8. The molecule has 2 heterocycles. The van der Waals surface area contributed by atoms with Gasteiger partial charge in [0.25, 0.3) is 5.69 Å². The van der Waals surface area contributed by atoms with Gasteiger partial charge in [-0.15, -0.1) is 0 Å². The maximum absolute atomic E-state index is 12.4. The molecule has 0 radical (unpaired) electrons. The Kier molecular flexibility index (Phi) is 7.07. The molecule has 11 nitrogen and oxygen atoms in total. The third-order valence-corrected chi connectivity index (χ3v) is 9.19. The van der Waals surface area contributed by atoms with Gasteiger partial charge in [0.2, 0.25) is 0 Å². The van der Waals surface area contributed by atoms with Crippen molar-refractivity contribution in [2.75, 3.05) is 11.1 Å². The zero-order valence-corrected chi connectivity index (χ0v) is 23.7. The summed E-state index contributed by atoms with van der Waals surface area (Å²) >= 11 is 0. The molecule has 1 aliphatic heterocycles. The molecule has 0 amide bonds. The predicted molar refractivity (Wildman–Crippen MR) is 148 cm³/mol. The van der Waals surface area contributed by atoms with E-state index in [4.69, 9.17) is 14.6 Å². The Balaban J connectivity index is 1.29. The second-order valence-corrected chi connectivity index (χ2v) is 13.4. The molecule has 1 aliphatic carbocycles. The highest BCUT2D eigenvalue weighted by Gasteiger charge is 2.34. The number of aryl methyl sites for hydroxylation is 1. The number of aromatic nitrogens is 2. The van der Waals surface area contributed by atoms with Gasteiger partial charge < -0.3 is 14.8 Å². The Morgan fingerprint density at radius 1 is 1.15 bits per heavy atom. The lowest BCUT2D eigenvalue weighted by atomic mass is 10.0. The largest absolute Gasteiger partial charge is 0.514 e. The summed E-state index contributed by atoms with van der Waals surface area (Å²) in [5.41, 5.74) is 3.12. The molecule has 1 N–H and O–H groups in total. The van der Waals surface area contributed by atoms with Gasteiger partial charge in [-0.2, -0.15) is 5.10 Å². The molecule has 0 bridgehead atoms. The van der Waals surface area contributed by atoms with Gasteiger partial charge in [-0.25, -0.2) is 17.9 Å². The van der Waals surface area contributed by atoms with E-state index in [1.807, 2.05) is 17.7 Å². The van der Waals surface area contributed by atoms with Crippen LogP contribution in [0.4, 0.5) is 22.0 Å². The summed E-state index contributed by atoms with van der Waals surface area (Å²) in [6.45, 7) is 8.22. The summed E-state index contributed by atoms with van der Waals surface area (Å²) in [4.78, 5) is 23.1. The van der Waals surface area contributed by atoms with E-state index in [9.17, 15) is 23.3 Å². The van der Waals surface area contributed by atoms with Crippen molar-refractivity contribution in [3.63, 3.8) is 0 Å². The number of nitrogens with one attached hydrogen (secondary N) is 1. The first-order valence-corrected chi connectivity index (χ1v) is 14.8. The number of nitro benzene ring substituents is 1. The Hall–Kier alpha value is -3.93. The maximum Gasteiger partial charge on any atom is 0.514 e. The molecule has 12 heteroatoms. The van der Waals surface area contributed by atoms with Crippen LogP contribution in [-0.2, 0) is 26.5 Å². The molecule has 1 aromatic heterocycles. The number of sulfone groups is 1. The van der Waals surface area contributed by atoms with E-state index in [1.54, 1.807) is 12.1 Å². The van der Waals surface area contributed by atoms with Crippen molar-refractivity contribution in [2.45, 2.75) is 75.8 Å². The van der Waals surface area contributed by atoms with Crippen LogP contribution in [0.25, 0.3) is 0 Å². The van der Waals surface area contributed by atoms with Crippen LogP contribution >= 0.6 is 0 Å². The average molecular weight is 569 g/mol. The fourth-order valence-corrected chi connectivity index (χ4v) is 6.91. The molecule has 40 heavy (non-hydrogen) atoms. The highest BCUT2D eigenvalue weighted by atomic mass is 32.2. The van der Waals surface area contributed by atoms with Crippen molar-refractivity contribution in [1.29, 1.82) is 0 Å². The van der Waals surface area contributed by atoms with Crippen LogP contribution in [0.3, 0.4) is 0 Å². The minimum absolute atomic E-state index is 0.0755. The number of rotatable bonds is 6. The third-order valence-electron chi connectivity index (χ3n) is 7.38. The average Bonchev–Trinajstić information content (AvgIpc) is 3.55. The van der Waals surface area contributed by atoms with Crippen LogP contribution < -0.4 is 10.1 Å². The monoisotopic (exact) mass is 568 g/mol. The number of carbonyl (C=O) groups excluding carboxylic acids is 1. The maximum atomic E-state index is 12.4. The number of ether oxygens (including phenoxy) is 2. The number of hydrogen-bond donors (Lipinski definition) is 1. The van der Waals surface area contributed by atoms with Gasteiger partial charge >= 0.3 is 6.16 Å².